The molecule has 0 aliphatic heterocycles. The Morgan fingerprint density at radius 3 is 2.53 bits per heavy atom. The van der Waals surface area contributed by atoms with Crippen molar-refractivity contribution >= 4 is 5.91 Å². The summed E-state index contributed by atoms with van der Waals surface area (Å²) < 4.78 is 0. The number of hydrogen-bond acceptors (Lipinski definition) is 2. The molecule has 0 aromatic rings. The Bertz CT molecular complexity index is 222. The molecule has 0 radical (unpaired) electrons. The topological polar surface area (TPSA) is 55.1 Å². The Kier molecular flexibility index (Phi) is 6.56. The van der Waals surface area contributed by atoms with E-state index in [0.717, 1.165) is 25.2 Å². The minimum Gasteiger partial charge on any atom is -0.353 e. The predicted octanol–water partition coefficient (Wildman–Crippen LogP) is 2.45. The van der Waals surface area contributed by atoms with Gasteiger partial charge in [0.15, 0.2) is 0 Å². The van der Waals surface area contributed by atoms with Gasteiger partial charge in [-0.05, 0) is 44.6 Å². The number of nitrogens with one attached hydrogen (secondary N) is 1. The van der Waals surface area contributed by atoms with Gasteiger partial charge in [0.2, 0.25) is 5.91 Å². The highest BCUT2D eigenvalue weighted by atomic mass is 16.1. The zero-order valence-electron chi connectivity index (χ0n) is 11.4. The highest BCUT2D eigenvalue weighted by Crippen LogP contribution is 2.27. The van der Waals surface area contributed by atoms with Gasteiger partial charge in [0.05, 0.1) is 0 Å². The van der Waals surface area contributed by atoms with Crippen molar-refractivity contribution in [2.75, 3.05) is 6.54 Å². The molecule has 1 amide bonds. The summed E-state index contributed by atoms with van der Waals surface area (Å²) in [6.07, 6.45) is 8.31. The number of carbonyl (C=O) groups is 1. The van der Waals surface area contributed by atoms with E-state index < -0.39 is 0 Å². The van der Waals surface area contributed by atoms with Gasteiger partial charge in [-0.15, -0.1) is 0 Å². The fraction of sp³-hybridized carbons (Fsp3) is 0.929. The molecule has 0 saturated heterocycles. The monoisotopic (exact) mass is 240 g/mol. The maximum absolute atomic E-state index is 11.8. The van der Waals surface area contributed by atoms with Crippen molar-refractivity contribution in [1.82, 2.24) is 5.32 Å². The molecule has 100 valence electrons. The maximum atomic E-state index is 11.8. The van der Waals surface area contributed by atoms with E-state index in [1.165, 1.54) is 25.7 Å². The van der Waals surface area contributed by atoms with Crippen molar-refractivity contribution in [1.29, 1.82) is 0 Å². The molecule has 3 nitrogen and oxygen atoms in total. The molecular formula is C14H28N2O. The molecule has 1 rings (SSSR count). The minimum absolute atomic E-state index is 0.0633. The van der Waals surface area contributed by atoms with Crippen molar-refractivity contribution in [3.63, 3.8) is 0 Å². The minimum atomic E-state index is 0.0633. The standard InChI is InChI=1S/C14H28N2O/c1-3-4-12-5-7-13(8-6-12)16-14(17)11(2)9-10-15/h11-13H,3-10,15H2,1-2H3,(H,16,17). The quantitative estimate of drug-likeness (QED) is 0.749. The lowest BCUT2D eigenvalue weighted by Crippen LogP contribution is -2.40. The molecule has 0 aromatic carbocycles. The van der Waals surface area contributed by atoms with Gasteiger partial charge in [-0.1, -0.05) is 26.7 Å². The second-order valence-corrected chi connectivity index (χ2v) is 5.49. The molecule has 1 saturated carbocycles. The van der Waals surface area contributed by atoms with Crippen LogP contribution < -0.4 is 11.1 Å². The molecule has 3 N–H and O–H groups in total. The largest absolute Gasteiger partial charge is 0.353 e. The van der Waals surface area contributed by atoms with Gasteiger partial charge in [-0.3, -0.25) is 4.79 Å². The van der Waals surface area contributed by atoms with Gasteiger partial charge in [0.25, 0.3) is 0 Å². The van der Waals surface area contributed by atoms with Crippen molar-refractivity contribution in [3.05, 3.63) is 0 Å². The Morgan fingerprint density at radius 1 is 1.35 bits per heavy atom. The zero-order chi connectivity index (χ0) is 12.7. The SMILES string of the molecule is CCCC1CCC(NC(=O)C(C)CCN)CC1. The lowest BCUT2D eigenvalue weighted by Gasteiger charge is -2.29. The van der Waals surface area contributed by atoms with E-state index in [0.29, 0.717) is 12.6 Å². The third-order valence-corrected chi connectivity index (χ3v) is 3.94. The fourth-order valence-corrected chi connectivity index (χ4v) is 2.73. The number of nitrogens with two attached hydrogens (primary N) is 1. The molecule has 0 aromatic heterocycles. The number of carbonyl (C=O) groups excluding carboxylic acids is 1. The van der Waals surface area contributed by atoms with Crippen LogP contribution in [-0.4, -0.2) is 18.5 Å². The Morgan fingerprint density at radius 2 is 2.00 bits per heavy atom. The first-order chi connectivity index (χ1) is 8.17. The van der Waals surface area contributed by atoms with Gasteiger partial charge < -0.3 is 11.1 Å². The normalized spacial score (nSPS) is 26.5. The molecule has 17 heavy (non-hydrogen) atoms. The first-order valence-electron chi connectivity index (χ1n) is 7.17. The molecule has 0 spiro atoms. The second kappa shape index (κ2) is 7.70. The van der Waals surface area contributed by atoms with Crippen LogP contribution in [0.2, 0.25) is 0 Å². The van der Waals surface area contributed by atoms with Crippen LogP contribution in [0.1, 0.15) is 58.8 Å². The van der Waals surface area contributed by atoms with Gasteiger partial charge >= 0.3 is 0 Å². The zero-order valence-corrected chi connectivity index (χ0v) is 11.4. The molecule has 0 bridgehead atoms. The Balaban J connectivity index is 2.23. The van der Waals surface area contributed by atoms with E-state index in [1.54, 1.807) is 0 Å². The third-order valence-electron chi connectivity index (χ3n) is 3.94. The molecule has 1 atom stereocenters. The summed E-state index contributed by atoms with van der Waals surface area (Å²) in [6.45, 7) is 4.81. The van der Waals surface area contributed by atoms with Crippen LogP contribution in [0.4, 0.5) is 0 Å². The number of hydrogen-bond donors (Lipinski definition) is 2. The highest BCUT2D eigenvalue weighted by molar-refractivity contribution is 5.78. The fourth-order valence-electron chi connectivity index (χ4n) is 2.73. The lowest BCUT2D eigenvalue weighted by atomic mass is 9.83. The Labute approximate surface area is 106 Å². The summed E-state index contributed by atoms with van der Waals surface area (Å²) in [5, 5.41) is 3.17. The molecule has 3 heteroatoms. The summed E-state index contributed by atoms with van der Waals surface area (Å²) in [5.41, 5.74) is 5.47. The van der Waals surface area contributed by atoms with Crippen LogP contribution in [0.25, 0.3) is 0 Å². The van der Waals surface area contributed by atoms with Gasteiger partial charge in [-0.2, -0.15) is 0 Å². The van der Waals surface area contributed by atoms with Crippen LogP contribution in [-0.2, 0) is 4.79 Å². The summed E-state index contributed by atoms with van der Waals surface area (Å²) in [4.78, 5) is 11.8. The van der Waals surface area contributed by atoms with E-state index in [9.17, 15) is 4.79 Å². The van der Waals surface area contributed by atoms with Gasteiger partial charge in [-0.25, -0.2) is 0 Å². The van der Waals surface area contributed by atoms with Gasteiger partial charge in [0.1, 0.15) is 0 Å². The number of amides is 1. The summed E-state index contributed by atoms with van der Waals surface area (Å²) in [7, 11) is 0. The Hall–Kier alpha value is -0.570. The molecule has 1 unspecified atom stereocenters. The van der Waals surface area contributed by atoms with E-state index in [-0.39, 0.29) is 11.8 Å². The summed E-state index contributed by atoms with van der Waals surface area (Å²) in [6, 6.07) is 0.413. The van der Waals surface area contributed by atoms with Crippen molar-refractivity contribution in [2.45, 2.75) is 64.8 Å². The predicted molar refractivity (Wildman–Crippen MR) is 71.6 cm³/mol. The molecular weight excluding hydrogens is 212 g/mol. The first kappa shape index (κ1) is 14.5. The second-order valence-electron chi connectivity index (χ2n) is 5.49. The number of rotatable bonds is 6. The van der Waals surface area contributed by atoms with Crippen LogP contribution >= 0.6 is 0 Å². The average Bonchev–Trinajstić information content (AvgIpc) is 2.32. The van der Waals surface area contributed by atoms with Crippen molar-refractivity contribution in [3.8, 4) is 0 Å². The molecule has 0 heterocycles. The first-order valence-corrected chi connectivity index (χ1v) is 7.17. The highest BCUT2D eigenvalue weighted by Gasteiger charge is 2.23. The molecule has 1 aliphatic rings. The average molecular weight is 240 g/mol. The smallest absolute Gasteiger partial charge is 0.223 e. The van der Waals surface area contributed by atoms with Crippen molar-refractivity contribution in [2.24, 2.45) is 17.6 Å². The van der Waals surface area contributed by atoms with E-state index in [2.05, 4.69) is 12.2 Å². The summed E-state index contributed by atoms with van der Waals surface area (Å²) in [5.74, 6) is 1.15. The van der Waals surface area contributed by atoms with Gasteiger partial charge in [0, 0.05) is 12.0 Å². The third kappa shape index (κ3) is 5.07. The van der Waals surface area contributed by atoms with E-state index >= 15 is 0 Å². The van der Waals surface area contributed by atoms with Crippen molar-refractivity contribution < 1.29 is 4.79 Å². The van der Waals surface area contributed by atoms with Crippen LogP contribution in [0, 0.1) is 11.8 Å². The lowest BCUT2D eigenvalue weighted by molar-refractivity contribution is -0.125. The molecule has 1 aliphatic carbocycles. The van der Waals surface area contributed by atoms with E-state index in [1.807, 2.05) is 6.92 Å². The van der Waals surface area contributed by atoms with Crippen LogP contribution in [0.3, 0.4) is 0 Å². The summed E-state index contributed by atoms with van der Waals surface area (Å²) >= 11 is 0. The molecule has 1 fully saturated rings. The van der Waals surface area contributed by atoms with Crippen LogP contribution in [0.15, 0.2) is 0 Å². The maximum Gasteiger partial charge on any atom is 0.223 e. The van der Waals surface area contributed by atoms with E-state index in [4.69, 9.17) is 5.73 Å². The van der Waals surface area contributed by atoms with Crippen LogP contribution in [0.5, 0.6) is 0 Å².